The van der Waals surface area contributed by atoms with E-state index in [0.717, 1.165) is 5.56 Å². The monoisotopic (exact) mass is 326 g/mol. The molecule has 2 N–H and O–H groups in total. The third-order valence-electron chi connectivity index (χ3n) is 3.43. The van der Waals surface area contributed by atoms with E-state index in [4.69, 9.17) is 5.11 Å². The van der Waals surface area contributed by atoms with Gasteiger partial charge in [0.2, 0.25) is 0 Å². The predicted octanol–water partition coefficient (Wildman–Crippen LogP) is 2.19. The Bertz CT molecular complexity index is 829. The van der Waals surface area contributed by atoms with Gasteiger partial charge in [-0.2, -0.15) is 0 Å². The third kappa shape index (κ3) is 3.64. The lowest BCUT2D eigenvalue weighted by atomic mass is 10.1. The number of hydrogen-bond donors (Lipinski definition) is 2. The number of aromatic nitrogens is 3. The molecule has 0 aliphatic heterocycles. The second kappa shape index (κ2) is 7.01. The summed E-state index contributed by atoms with van der Waals surface area (Å²) in [6.07, 6.45) is 2.04. The standard InChI is InChI=1S/C17H15FN4O2/c18-13-3-7-15(8-4-13)22-11-16(20-21-22)17(24)19-14-5-1-12(2-6-14)9-10-23/h1-8,11,23H,9-10H2,(H,19,24). The van der Waals surface area contributed by atoms with Crippen molar-refractivity contribution < 1.29 is 14.3 Å². The fraction of sp³-hybridized carbons (Fsp3) is 0.118. The quantitative estimate of drug-likeness (QED) is 0.753. The van der Waals surface area contributed by atoms with Crippen LogP contribution < -0.4 is 5.32 Å². The van der Waals surface area contributed by atoms with Gasteiger partial charge in [0.1, 0.15) is 5.82 Å². The molecule has 0 saturated heterocycles. The highest BCUT2D eigenvalue weighted by Crippen LogP contribution is 2.12. The highest BCUT2D eigenvalue weighted by atomic mass is 19.1. The highest BCUT2D eigenvalue weighted by molar-refractivity contribution is 6.02. The summed E-state index contributed by atoms with van der Waals surface area (Å²) >= 11 is 0. The lowest BCUT2D eigenvalue weighted by Crippen LogP contribution is -2.12. The van der Waals surface area contributed by atoms with Crippen LogP contribution in [-0.2, 0) is 6.42 Å². The number of hydrogen-bond acceptors (Lipinski definition) is 4. The number of rotatable bonds is 5. The molecule has 0 radical (unpaired) electrons. The number of anilines is 1. The number of carbonyl (C=O) groups is 1. The minimum Gasteiger partial charge on any atom is -0.396 e. The van der Waals surface area contributed by atoms with Gasteiger partial charge in [0.25, 0.3) is 5.91 Å². The molecule has 3 aromatic rings. The molecule has 122 valence electrons. The van der Waals surface area contributed by atoms with Gasteiger partial charge in [0.15, 0.2) is 5.69 Å². The normalized spacial score (nSPS) is 10.6. The van der Waals surface area contributed by atoms with Gasteiger partial charge in [-0.3, -0.25) is 4.79 Å². The maximum atomic E-state index is 12.9. The van der Waals surface area contributed by atoms with Crippen LogP contribution in [0.25, 0.3) is 5.69 Å². The smallest absolute Gasteiger partial charge is 0.277 e. The number of nitrogens with zero attached hydrogens (tertiary/aromatic N) is 3. The predicted molar refractivity (Wildman–Crippen MR) is 86.5 cm³/mol. The van der Waals surface area contributed by atoms with Gasteiger partial charge in [-0.05, 0) is 48.4 Å². The molecule has 0 spiro atoms. The number of benzene rings is 2. The van der Waals surface area contributed by atoms with E-state index in [-0.39, 0.29) is 18.1 Å². The third-order valence-corrected chi connectivity index (χ3v) is 3.43. The van der Waals surface area contributed by atoms with Crippen molar-refractivity contribution in [2.45, 2.75) is 6.42 Å². The SMILES string of the molecule is O=C(Nc1ccc(CCO)cc1)c1cn(-c2ccc(F)cc2)nn1. The summed E-state index contributed by atoms with van der Waals surface area (Å²) in [6, 6.07) is 12.9. The van der Waals surface area contributed by atoms with Crippen molar-refractivity contribution in [3.63, 3.8) is 0 Å². The molecule has 1 aromatic heterocycles. The molecule has 6 nitrogen and oxygen atoms in total. The van der Waals surface area contributed by atoms with Crippen LogP contribution in [0, 0.1) is 5.82 Å². The Morgan fingerprint density at radius 3 is 2.50 bits per heavy atom. The van der Waals surface area contributed by atoms with Crippen molar-refractivity contribution in [3.05, 3.63) is 71.8 Å². The summed E-state index contributed by atoms with van der Waals surface area (Å²) in [7, 11) is 0. The van der Waals surface area contributed by atoms with E-state index in [1.165, 1.54) is 23.0 Å². The number of nitrogens with one attached hydrogen (secondary N) is 1. The summed E-state index contributed by atoms with van der Waals surface area (Å²) in [6.45, 7) is 0.0815. The van der Waals surface area contributed by atoms with E-state index in [2.05, 4.69) is 15.6 Å². The molecule has 0 unspecified atom stereocenters. The van der Waals surface area contributed by atoms with Gasteiger partial charge in [0.05, 0.1) is 11.9 Å². The summed E-state index contributed by atoms with van der Waals surface area (Å²) in [5.41, 5.74) is 2.37. The Morgan fingerprint density at radius 2 is 1.83 bits per heavy atom. The number of carbonyl (C=O) groups excluding carboxylic acids is 1. The van der Waals surface area contributed by atoms with Gasteiger partial charge in [0, 0.05) is 12.3 Å². The number of aliphatic hydroxyl groups is 1. The maximum absolute atomic E-state index is 12.9. The van der Waals surface area contributed by atoms with E-state index >= 15 is 0 Å². The molecular weight excluding hydrogens is 311 g/mol. The van der Waals surface area contributed by atoms with Crippen molar-refractivity contribution >= 4 is 11.6 Å². The number of aliphatic hydroxyl groups excluding tert-OH is 1. The van der Waals surface area contributed by atoms with Crippen LogP contribution in [0.2, 0.25) is 0 Å². The van der Waals surface area contributed by atoms with Crippen molar-refractivity contribution in [1.29, 1.82) is 0 Å². The van der Waals surface area contributed by atoms with E-state index in [1.54, 1.807) is 24.3 Å². The molecule has 0 aliphatic carbocycles. The first-order valence-corrected chi connectivity index (χ1v) is 7.35. The van der Waals surface area contributed by atoms with E-state index in [9.17, 15) is 9.18 Å². The van der Waals surface area contributed by atoms with Crippen LogP contribution in [-0.4, -0.2) is 32.6 Å². The minimum atomic E-state index is -0.390. The molecule has 2 aromatic carbocycles. The van der Waals surface area contributed by atoms with Crippen LogP contribution in [0.5, 0.6) is 0 Å². The fourth-order valence-electron chi connectivity index (χ4n) is 2.17. The summed E-state index contributed by atoms with van der Waals surface area (Å²) in [4.78, 5) is 12.2. The van der Waals surface area contributed by atoms with Crippen LogP contribution in [0.3, 0.4) is 0 Å². The van der Waals surface area contributed by atoms with Crippen molar-refractivity contribution in [2.24, 2.45) is 0 Å². The second-order valence-electron chi connectivity index (χ2n) is 5.15. The van der Waals surface area contributed by atoms with Gasteiger partial charge >= 0.3 is 0 Å². The molecule has 0 atom stereocenters. The van der Waals surface area contributed by atoms with Crippen molar-refractivity contribution in [1.82, 2.24) is 15.0 Å². The average Bonchev–Trinajstić information content (AvgIpc) is 3.08. The molecule has 24 heavy (non-hydrogen) atoms. The number of halogens is 1. The molecule has 0 bridgehead atoms. The van der Waals surface area contributed by atoms with Gasteiger partial charge in [-0.1, -0.05) is 17.3 Å². The molecule has 7 heteroatoms. The van der Waals surface area contributed by atoms with Gasteiger partial charge < -0.3 is 10.4 Å². The Labute approximate surface area is 137 Å². The zero-order valence-electron chi connectivity index (χ0n) is 12.7. The fourth-order valence-corrected chi connectivity index (χ4v) is 2.17. The zero-order chi connectivity index (χ0) is 16.9. The lowest BCUT2D eigenvalue weighted by molar-refractivity contribution is 0.102. The minimum absolute atomic E-state index is 0.0815. The molecule has 1 amide bonds. The molecule has 0 saturated carbocycles. The summed E-state index contributed by atoms with van der Waals surface area (Å²) in [5, 5.41) is 19.3. The molecule has 0 aliphatic rings. The van der Waals surface area contributed by atoms with Crippen LogP contribution in [0.1, 0.15) is 16.1 Å². The molecule has 1 heterocycles. The second-order valence-corrected chi connectivity index (χ2v) is 5.15. The first kappa shape index (κ1) is 15.8. The van der Waals surface area contributed by atoms with Gasteiger partial charge in [-0.25, -0.2) is 9.07 Å². The Balaban J connectivity index is 1.70. The Hall–Kier alpha value is -3.06. The highest BCUT2D eigenvalue weighted by Gasteiger charge is 2.12. The van der Waals surface area contributed by atoms with E-state index in [1.807, 2.05) is 12.1 Å². The van der Waals surface area contributed by atoms with Crippen LogP contribution in [0.4, 0.5) is 10.1 Å². The van der Waals surface area contributed by atoms with Crippen molar-refractivity contribution in [2.75, 3.05) is 11.9 Å². The van der Waals surface area contributed by atoms with Crippen LogP contribution in [0.15, 0.2) is 54.7 Å². The lowest BCUT2D eigenvalue weighted by Gasteiger charge is -2.04. The first-order valence-electron chi connectivity index (χ1n) is 7.35. The number of amides is 1. The van der Waals surface area contributed by atoms with Gasteiger partial charge in [-0.15, -0.1) is 5.10 Å². The largest absolute Gasteiger partial charge is 0.396 e. The Morgan fingerprint density at radius 1 is 1.12 bits per heavy atom. The average molecular weight is 326 g/mol. The molecular formula is C17H15FN4O2. The van der Waals surface area contributed by atoms with E-state index in [0.29, 0.717) is 17.8 Å². The first-order chi connectivity index (χ1) is 11.7. The maximum Gasteiger partial charge on any atom is 0.277 e. The summed E-state index contributed by atoms with van der Waals surface area (Å²) < 4.78 is 14.3. The Kier molecular flexibility index (Phi) is 4.62. The summed E-state index contributed by atoms with van der Waals surface area (Å²) in [5.74, 6) is -0.736. The molecule has 3 rings (SSSR count). The van der Waals surface area contributed by atoms with Crippen molar-refractivity contribution in [3.8, 4) is 5.69 Å². The van der Waals surface area contributed by atoms with E-state index < -0.39 is 5.91 Å². The van der Waals surface area contributed by atoms with Crippen LogP contribution >= 0.6 is 0 Å². The topological polar surface area (TPSA) is 80.0 Å². The zero-order valence-corrected chi connectivity index (χ0v) is 12.7. The molecule has 0 fully saturated rings.